The van der Waals surface area contributed by atoms with Crippen molar-refractivity contribution in [1.82, 2.24) is 0 Å². The van der Waals surface area contributed by atoms with Crippen molar-refractivity contribution in [2.75, 3.05) is 16.6 Å². The first-order chi connectivity index (χ1) is 13.7. The van der Waals surface area contributed by atoms with Crippen LogP contribution in [0.4, 0.5) is 11.4 Å². The van der Waals surface area contributed by atoms with Crippen LogP contribution in [-0.2, 0) is 20.0 Å². The van der Waals surface area contributed by atoms with Gasteiger partial charge in [0.1, 0.15) is 5.75 Å². The van der Waals surface area contributed by atoms with Gasteiger partial charge in [0.25, 0.3) is 20.0 Å². The SMILES string of the molecule is COc1ccc(S(=O)(=O)Nc2ccc(S(=O)(=O)Nc3ccccc3Cl)cc2)cc1. The van der Waals surface area contributed by atoms with Gasteiger partial charge < -0.3 is 4.74 Å². The lowest BCUT2D eigenvalue weighted by atomic mass is 10.3. The average molecular weight is 453 g/mol. The van der Waals surface area contributed by atoms with E-state index in [4.69, 9.17) is 16.3 Å². The fraction of sp³-hybridized carbons (Fsp3) is 0.0526. The van der Waals surface area contributed by atoms with E-state index in [2.05, 4.69) is 9.44 Å². The molecule has 0 aliphatic heterocycles. The molecule has 0 saturated carbocycles. The van der Waals surface area contributed by atoms with Crippen molar-refractivity contribution in [2.45, 2.75) is 9.79 Å². The molecule has 10 heteroatoms. The molecule has 152 valence electrons. The summed E-state index contributed by atoms with van der Waals surface area (Å²) in [5.41, 5.74) is 0.468. The number of rotatable bonds is 7. The molecule has 0 radical (unpaired) electrons. The van der Waals surface area contributed by atoms with Crippen molar-refractivity contribution >= 4 is 43.0 Å². The predicted octanol–water partition coefficient (Wildman–Crippen LogP) is 3.95. The zero-order valence-electron chi connectivity index (χ0n) is 15.2. The Hall–Kier alpha value is -2.75. The summed E-state index contributed by atoms with van der Waals surface area (Å²) >= 11 is 5.98. The number of ether oxygens (including phenoxy) is 1. The van der Waals surface area contributed by atoms with Crippen LogP contribution in [0.1, 0.15) is 0 Å². The van der Waals surface area contributed by atoms with Gasteiger partial charge in [0.05, 0.1) is 27.6 Å². The van der Waals surface area contributed by atoms with Gasteiger partial charge in [0, 0.05) is 5.69 Å². The number of hydrogen-bond acceptors (Lipinski definition) is 5. The number of anilines is 2. The standard InChI is InChI=1S/C19H17ClN2O5S2/c1-27-15-8-12-17(13-9-15)28(23,24)21-14-6-10-16(11-7-14)29(25,26)22-19-5-3-2-4-18(19)20/h2-13,21-22H,1H3. The molecule has 0 fully saturated rings. The molecule has 0 spiro atoms. The third-order valence-electron chi connectivity index (χ3n) is 3.90. The van der Waals surface area contributed by atoms with Crippen LogP contribution in [0.2, 0.25) is 5.02 Å². The highest BCUT2D eigenvalue weighted by atomic mass is 35.5. The molecule has 0 aliphatic rings. The second-order valence-electron chi connectivity index (χ2n) is 5.89. The lowest BCUT2D eigenvalue weighted by Gasteiger charge is -2.11. The normalized spacial score (nSPS) is 11.7. The lowest BCUT2D eigenvalue weighted by molar-refractivity contribution is 0.414. The van der Waals surface area contributed by atoms with E-state index in [1.807, 2.05) is 0 Å². The smallest absolute Gasteiger partial charge is 0.261 e. The molecule has 29 heavy (non-hydrogen) atoms. The number of halogens is 1. The maximum absolute atomic E-state index is 12.5. The molecule has 0 saturated heterocycles. The Labute approximate surface area is 174 Å². The molecular weight excluding hydrogens is 436 g/mol. The van der Waals surface area contributed by atoms with E-state index >= 15 is 0 Å². The fourth-order valence-corrected chi connectivity index (χ4v) is 4.80. The molecule has 3 aromatic rings. The van der Waals surface area contributed by atoms with Crippen molar-refractivity contribution in [1.29, 1.82) is 0 Å². The minimum Gasteiger partial charge on any atom is -0.497 e. The molecule has 0 bridgehead atoms. The average Bonchev–Trinajstić information content (AvgIpc) is 2.70. The summed E-state index contributed by atoms with van der Waals surface area (Å²) in [6.07, 6.45) is 0. The molecule has 0 aromatic heterocycles. The first kappa shape index (κ1) is 21.0. The van der Waals surface area contributed by atoms with Gasteiger partial charge in [-0.15, -0.1) is 0 Å². The monoisotopic (exact) mass is 452 g/mol. The van der Waals surface area contributed by atoms with Crippen LogP contribution in [0.5, 0.6) is 5.75 Å². The fourth-order valence-electron chi connectivity index (χ4n) is 2.42. The van der Waals surface area contributed by atoms with Gasteiger partial charge in [-0.3, -0.25) is 9.44 Å². The van der Waals surface area contributed by atoms with Gasteiger partial charge in [0.15, 0.2) is 0 Å². The number of sulfonamides is 2. The molecule has 0 amide bonds. The summed E-state index contributed by atoms with van der Waals surface area (Å²) in [6, 6.07) is 17.6. The van der Waals surface area contributed by atoms with Gasteiger partial charge in [-0.2, -0.15) is 0 Å². The third kappa shape index (κ3) is 5.00. The zero-order valence-corrected chi connectivity index (χ0v) is 17.6. The maximum atomic E-state index is 12.5. The second-order valence-corrected chi connectivity index (χ2v) is 9.66. The van der Waals surface area contributed by atoms with Crippen molar-refractivity contribution in [3.8, 4) is 5.75 Å². The van der Waals surface area contributed by atoms with Crippen molar-refractivity contribution in [3.05, 3.63) is 77.8 Å². The molecule has 3 aromatic carbocycles. The highest BCUT2D eigenvalue weighted by Crippen LogP contribution is 2.25. The Kier molecular flexibility index (Phi) is 6.02. The maximum Gasteiger partial charge on any atom is 0.261 e. The van der Waals surface area contributed by atoms with Gasteiger partial charge in [0.2, 0.25) is 0 Å². The summed E-state index contributed by atoms with van der Waals surface area (Å²) in [4.78, 5) is 0.0141. The summed E-state index contributed by atoms with van der Waals surface area (Å²) in [6.45, 7) is 0. The summed E-state index contributed by atoms with van der Waals surface area (Å²) < 4.78 is 59.8. The number of hydrogen-bond donors (Lipinski definition) is 2. The van der Waals surface area contributed by atoms with Gasteiger partial charge >= 0.3 is 0 Å². The highest BCUT2D eigenvalue weighted by Gasteiger charge is 2.17. The molecular formula is C19H17ClN2O5S2. The van der Waals surface area contributed by atoms with Crippen LogP contribution < -0.4 is 14.2 Å². The minimum atomic E-state index is -3.88. The Balaban J connectivity index is 1.78. The molecule has 0 aliphatic carbocycles. The quantitative estimate of drug-likeness (QED) is 0.565. The van der Waals surface area contributed by atoms with E-state index in [1.165, 1.54) is 61.7 Å². The van der Waals surface area contributed by atoms with Crippen molar-refractivity contribution in [3.63, 3.8) is 0 Å². The Bertz CT molecular complexity index is 1210. The van der Waals surface area contributed by atoms with Crippen LogP contribution in [-0.4, -0.2) is 23.9 Å². The Morgan fingerprint density at radius 2 is 1.24 bits per heavy atom. The molecule has 2 N–H and O–H groups in total. The summed E-state index contributed by atoms with van der Waals surface area (Å²) in [7, 11) is -6.23. The summed E-state index contributed by atoms with van der Waals surface area (Å²) in [5, 5.41) is 0.264. The Morgan fingerprint density at radius 1 is 0.724 bits per heavy atom. The van der Waals surface area contributed by atoms with E-state index in [9.17, 15) is 16.8 Å². The van der Waals surface area contributed by atoms with E-state index in [-0.39, 0.29) is 26.2 Å². The van der Waals surface area contributed by atoms with Crippen LogP contribution in [0.15, 0.2) is 82.6 Å². The van der Waals surface area contributed by atoms with E-state index in [0.717, 1.165) is 0 Å². The minimum absolute atomic E-state index is 0.0372. The first-order valence-corrected chi connectivity index (χ1v) is 11.6. The zero-order chi connectivity index (χ0) is 21.1. The van der Waals surface area contributed by atoms with Crippen molar-refractivity contribution in [2.24, 2.45) is 0 Å². The lowest BCUT2D eigenvalue weighted by Crippen LogP contribution is -2.14. The van der Waals surface area contributed by atoms with Crippen LogP contribution in [0, 0.1) is 0 Å². The molecule has 0 atom stereocenters. The second kappa shape index (κ2) is 8.32. The molecule has 0 heterocycles. The Morgan fingerprint density at radius 3 is 1.79 bits per heavy atom. The third-order valence-corrected chi connectivity index (χ3v) is 7.01. The van der Waals surface area contributed by atoms with E-state index in [1.54, 1.807) is 18.2 Å². The molecule has 7 nitrogen and oxygen atoms in total. The van der Waals surface area contributed by atoms with Gasteiger partial charge in [-0.25, -0.2) is 16.8 Å². The van der Waals surface area contributed by atoms with Crippen molar-refractivity contribution < 1.29 is 21.6 Å². The number of benzene rings is 3. The van der Waals surface area contributed by atoms with E-state index < -0.39 is 20.0 Å². The van der Waals surface area contributed by atoms with Gasteiger partial charge in [-0.1, -0.05) is 23.7 Å². The topological polar surface area (TPSA) is 102 Å². The van der Waals surface area contributed by atoms with Crippen LogP contribution in [0.25, 0.3) is 0 Å². The summed E-state index contributed by atoms with van der Waals surface area (Å²) in [5.74, 6) is 0.532. The first-order valence-electron chi connectivity index (χ1n) is 8.25. The largest absolute Gasteiger partial charge is 0.497 e. The van der Waals surface area contributed by atoms with Crippen LogP contribution >= 0.6 is 11.6 Å². The van der Waals surface area contributed by atoms with Gasteiger partial charge in [-0.05, 0) is 60.7 Å². The van der Waals surface area contributed by atoms with Crippen LogP contribution in [0.3, 0.4) is 0 Å². The van der Waals surface area contributed by atoms with E-state index in [0.29, 0.717) is 5.75 Å². The number of nitrogens with one attached hydrogen (secondary N) is 2. The predicted molar refractivity (Wildman–Crippen MR) is 113 cm³/mol. The highest BCUT2D eigenvalue weighted by molar-refractivity contribution is 7.93. The molecule has 3 rings (SSSR count). The number of para-hydroxylation sites is 1. The number of methoxy groups -OCH3 is 1. The molecule has 0 unspecified atom stereocenters.